The van der Waals surface area contributed by atoms with Gasteiger partial charge in [0.25, 0.3) is 5.91 Å². The van der Waals surface area contributed by atoms with Crippen LogP contribution in [0, 0.1) is 6.92 Å². The highest BCUT2D eigenvalue weighted by molar-refractivity contribution is 6.31. The van der Waals surface area contributed by atoms with Crippen molar-refractivity contribution in [2.45, 2.75) is 13.5 Å². The molecule has 1 aromatic heterocycles. The van der Waals surface area contributed by atoms with Gasteiger partial charge in [-0.05, 0) is 36.8 Å². The number of methoxy groups -OCH3 is 1. The van der Waals surface area contributed by atoms with Crippen LogP contribution < -0.4 is 10.1 Å². The molecule has 1 aromatic carbocycles. The first-order valence-electron chi connectivity index (χ1n) is 6.13. The zero-order chi connectivity index (χ0) is 14.5. The molecule has 0 unspecified atom stereocenters. The topological polar surface area (TPSA) is 51.2 Å². The van der Waals surface area contributed by atoms with E-state index in [-0.39, 0.29) is 18.3 Å². The van der Waals surface area contributed by atoms with Gasteiger partial charge in [0.05, 0.1) is 7.11 Å². The second kappa shape index (κ2) is 7.86. The zero-order valence-electron chi connectivity index (χ0n) is 11.7. The van der Waals surface area contributed by atoms with Gasteiger partial charge in [0.15, 0.2) is 0 Å². The van der Waals surface area contributed by atoms with E-state index >= 15 is 0 Å². The molecule has 0 radical (unpaired) electrons. The van der Waals surface area contributed by atoms with Crippen molar-refractivity contribution in [1.82, 2.24) is 10.3 Å². The maximum atomic E-state index is 12.0. The number of nitrogens with one attached hydrogen (secondary N) is 1. The number of aryl methyl sites for hydroxylation is 1. The highest BCUT2D eigenvalue weighted by Gasteiger charge is 2.09. The van der Waals surface area contributed by atoms with Crippen molar-refractivity contribution in [3.05, 3.63) is 58.4 Å². The van der Waals surface area contributed by atoms with Crippen LogP contribution in [0.3, 0.4) is 0 Å². The Hall–Kier alpha value is -1.78. The number of halogens is 2. The molecule has 0 aliphatic carbocycles. The Morgan fingerprint density at radius 1 is 1.33 bits per heavy atom. The van der Waals surface area contributed by atoms with E-state index in [4.69, 9.17) is 16.3 Å². The molecule has 0 saturated heterocycles. The number of hydrogen-bond acceptors (Lipinski definition) is 3. The molecule has 2 aromatic rings. The molecule has 2 rings (SSSR count). The van der Waals surface area contributed by atoms with Crippen LogP contribution in [-0.2, 0) is 6.54 Å². The summed E-state index contributed by atoms with van der Waals surface area (Å²) in [5.41, 5.74) is 2.34. The van der Waals surface area contributed by atoms with E-state index in [0.29, 0.717) is 22.9 Å². The Morgan fingerprint density at radius 3 is 2.62 bits per heavy atom. The summed E-state index contributed by atoms with van der Waals surface area (Å²) >= 11 is 6.10. The molecule has 112 valence electrons. The molecular formula is C15H16Cl2N2O2. The molecule has 0 fully saturated rings. The summed E-state index contributed by atoms with van der Waals surface area (Å²) in [5.74, 6) is 0.549. The molecule has 0 atom stereocenters. The summed E-state index contributed by atoms with van der Waals surface area (Å²) in [6.45, 7) is 2.26. The van der Waals surface area contributed by atoms with Gasteiger partial charge in [-0.2, -0.15) is 0 Å². The number of benzene rings is 1. The maximum Gasteiger partial charge on any atom is 0.251 e. The molecule has 6 heteroatoms. The number of rotatable bonds is 4. The average Bonchev–Trinajstić information content (AvgIpc) is 2.48. The van der Waals surface area contributed by atoms with E-state index in [1.165, 1.54) is 0 Å². The SMILES string of the molecule is COc1cc(C)c(Cl)cc1CNC(=O)c1ccncc1.Cl. The Kier molecular flexibility index (Phi) is 6.46. The van der Waals surface area contributed by atoms with Crippen molar-refractivity contribution >= 4 is 29.9 Å². The number of carbonyl (C=O) groups is 1. The summed E-state index contributed by atoms with van der Waals surface area (Å²) in [5, 5.41) is 3.48. The Balaban J connectivity index is 0.00000220. The second-order valence-electron chi connectivity index (χ2n) is 4.33. The predicted octanol–water partition coefficient (Wildman–Crippen LogP) is 3.40. The third kappa shape index (κ3) is 4.34. The highest BCUT2D eigenvalue weighted by Crippen LogP contribution is 2.26. The molecule has 0 bridgehead atoms. The van der Waals surface area contributed by atoms with E-state index in [1.807, 2.05) is 19.1 Å². The number of nitrogens with zero attached hydrogens (tertiary/aromatic N) is 1. The Bertz CT molecular complexity index is 619. The van der Waals surface area contributed by atoms with E-state index in [9.17, 15) is 4.79 Å². The lowest BCUT2D eigenvalue weighted by atomic mass is 10.1. The van der Waals surface area contributed by atoms with E-state index in [1.54, 1.807) is 31.6 Å². The smallest absolute Gasteiger partial charge is 0.251 e. The van der Waals surface area contributed by atoms with Crippen LogP contribution in [0.25, 0.3) is 0 Å². The number of pyridine rings is 1. The van der Waals surface area contributed by atoms with E-state index in [2.05, 4.69) is 10.3 Å². The minimum atomic E-state index is -0.161. The molecular weight excluding hydrogens is 311 g/mol. The van der Waals surface area contributed by atoms with Gasteiger partial charge in [-0.1, -0.05) is 11.6 Å². The molecule has 1 amide bonds. The van der Waals surface area contributed by atoms with Crippen molar-refractivity contribution in [1.29, 1.82) is 0 Å². The largest absolute Gasteiger partial charge is 0.496 e. The number of carbonyl (C=O) groups excluding carboxylic acids is 1. The monoisotopic (exact) mass is 326 g/mol. The van der Waals surface area contributed by atoms with E-state index < -0.39 is 0 Å². The van der Waals surface area contributed by atoms with Gasteiger partial charge >= 0.3 is 0 Å². The lowest BCUT2D eigenvalue weighted by Gasteiger charge is -2.12. The van der Waals surface area contributed by atoms with Gasteiger partial charge in [0.2, 0.25) is 0 Å². The number of hydrogen-bond donors (Lipinski definition) is 1. The molecule has 0 aliphatic rings. The van der Waals surface area contributed by atoms with Gasteiger partial charge in [-0.15, -0.1) is 12.4 Å². The van der Waals surface area contributed by atoms with Crippen LogP contribution in [0.2, 0.25) is 5.02 Å². The van der Waals surface area contributed by atoms with Crippen LogP contribution in [0.4, 0.5) is 0 Å². The Morgan fingerprint density at radius 2 is 2.00 bits per heavy atom. The number of ether oxygens (including phenoxy) is 1. The van der Waals surface area contributed by atoms with E-state index in [0.717, 1.165) is 11.1 Å². The lowest BCUT2D eigenvalue weighted by molar-refractivity contribution is 0.0950. The first kappa shape index (κ1) is 17.3. The molecule has 1 N–H and O–H groups in total. The predicted molar refractivity (Wildman–Crippen MR) is 85.4 cm³/mol. The van der Waals surface area contributed by atoms with Crippen LogP contribution in [0.5, 0.6) is 5.75 Å². The second-order valence-corrected chi connectivity index (χ2v) is 4.74. The van der Waals surface area contributed by atoms with Gasteiger partial charge in [0, 0.05) is 35.1 Å². The van der Waals surface area contributed by atoms with Crippen LogP contribution in [-0.4, -0.2) is 18.0 Å². The summed E-state index contributed by atoms with van der Waals surface area (Å²) < 4.78 is 5.30. The molecule has 21 heavy (non-hydrogen) atoms. The molecule has 1 heterocycles. The fourth-order valence-electron chi connectivity index (χ4n) is 1.81. The summed E-state index contributed by atoms with van der Waals surface area (Å²) in [6.07, 6.45) is 3.16. The van der Waals surface area contributed by atoms with Crippen molar-refractivity contribution < 1.29 is 9.53 Å². The van der Waals surface area contributed by atoms with Crippen molar-refractivity contribution in [3.63, 3.8) is 0 Å². The van der Waals surface area contributed by atoms with Crippen LogP contribution in [0.1, 0.15) is 21.5 Å². The third-order valence-corrected chi connectivity index (χ3v) is 3.35. The summed E-state index contributed by atoms with van der Waals surface area (Å²) in [7, 11) is 1.59. The van der Waals surface area contributed by atoms with Gasteiger partial charge in [-0.3, -0.25) is 9.78 Å². The van der Waals surface area contributed by atoms with Gasteiger partial charge in [-0.25, -0.2) is 0 Å². The first-order valence-corrected chi connectivity index (χ1v) is 6.51. The van der Waals surface area contributed by atoms with Crippen molar-refractivity contribution in [2.24, 2.45) is 0 Å². The highest BCUT2D eigenvalue weighted by atomic mass is 35.5. The van der Waals surface area contributed by atoms with Crippen LogP contribution >= 0.6 is 24.0 Å². The van der Waals surface area contributed by atoms with Gasteiger partial charge < -0.3 is 10.1 Å². The fourth-order valence-corrected chi connectivity index (χ4v) is 1.99. The van der Waals surface area contributed by atoms with Crippen LogP contribution in [0.15, 0.2) is 36.7 Å². The summed E-state index contributed by atoms with van der Waals surface area (Å²) in [4.78, 5) is 15.8. The normalized spacial score (nSPS) is 9.67. The number of aromatic nitrogens is 1. The maximum absolute atomic E-state index is 12.0. The van der Waals surface area contributed by atoms with Crippen molar-refractivity contribution in [3.8, 4) is 5.75 Å². The molecule has 4 nitrogen and oxygen atoms in total. The molecule has 0 aliphatic heterocycles. The molecule has 0 saturated carbocycles. The quantitative estimate of drug-likeness (QED) is 0.936. The minimum Gasteiger partial charge on any atom is -0.496 e. The standard InChI is InChI=1S/C15H15ClN2O2.ClH/c1-10-7-14(20-2)12(8-13(10)16)9-18-15(19)11-3-5-17-6-4-11;/h3-8H,9H2,1-2H3,(H,18,19);1H. The fraction of sp³-hybridized carbons (Fsp3) is 0.200. The third-order valence-electron chi connectivity index (χ3n) is 2.94. The molecule has 0 spiro atoms. The Labute approximate surface area is 134 Å². The van der Waals surface area contributed by atoms with Gasteiger partial charge in [0.1, 0.15) is 5.75 Å². The summed E-state index contributed by atoms with van der Waals surface area (Å²) in [6, 6.07) is 6.99. The average molecular weight is 327 g/mol. The first-order chi connectivity index (χ1) is 9.61. The minimum absolute atomic E-state index is 0. The lowest BCUT2D eigenvalue weighted by Crippen LogP contribution is -2.23. The van der Waals surface area contributed by atoms with Crippen molar-refractivity contribution in [2.75, 3.05) is 7.11 Å². The number of amides is 1. The zero-order valence-corrected chi connectivity index (χ0v) is 13.3.